The fourth-order valence-electron chi connectivity index (χ4n) is 1.43. The minimum absolute atomic E-state index is 0.340. The van der Waals surface area contributed by atoms with E-state index in [-0.39, 0.29) is 0 Å². The van der Waals surface area contributed by atoms with E-state index in [1.807, 2.05) is 19.1 Å². The lowest BCUT2D eigenvalue weighted by Gasteiger charge is -2.20. The number of ether oxygens (including phenoxy) is 1. The summed E-state index contributed by atoms with van der Waals surface area (Å²) in [7, 11) is 1.76. The summed E-state index contributed by atoms with van der Waals surface area (Å²) in [5, 5.41) is 11.9. The quantitative estimate of drug-likeness (QED) is 0.819. The van der Waals surface area contributed by atoms with Crippen LogP contribution in [0.5, 0.6) is 5.75 Å². The number of nitrogens with one attached hydrogen (secondary N) is 1. The SMILES string of the molecule is CCCc1ccc(OCC(C)(C#N)NC)cc1. The Morgan fingerprint density at radius 1 is 1.35 bits per heavy atom. The predicted molar refractivity (Wildman–Crippen MR) is 69.0 cm³/mol. The second-order valence-electron chi connectivity index (χ2n) is 4.38. The largest absolute Gasteiger partial charge is 0.491 e. The molecule has 1 aromatic carbocycles. The van der Waals surface area contributed by atoms with E-state index in [0.717, 1.165) is 18.6 Å². The molecule has 3 nitrogen and oxygen atoms in total. The Bertz CT molecular complexity index is 380. The van der Waals surface area contributed by atoms with E-state index in [0.29, 0.717) is 6.61 Å². The molecule has 0 radical (unpaired) electrons. The average Bonchev–Trinajstić information content (AvgIpc) is 2.38. The van der Waals surface area contributed by atoms with Gasteiger partial charge in [0, 0.05) is 0 Å². The highest BCUT2D eigenvalue weighted by Crippen LogP contribution is 2.15. The Kier molecular flexibility index (Phi) is 4.99. The summed E-state index contributed by atoms with van der Waals surface area (Å²) in [4.78, 5) is 0. The van der Waals surface area contributed by atoms with E-state index in [2.05, 4.69) is 30.4 Å². The molecule has 0 spiro atoms. The standard InChI is InChI=1S/C14H20N2O/c1-4-5-12-6-8-13(9-7-12)17-11-14(2,10-15)16-3/h6-9,16H,4-5,11H2,1-3H3. The summed E-state index contributed by atoms with van der Waals surface area (Å²) in [6.07, 6.45) is 2.24. The average molecular weight is 232 g/mol. The summed E-state index contributed by atoms with van der Waals surface area (Å²) in [6, 6.07) is 10.3. The Morgan fingerprint density at radius 2 is 2.00 bits per heavy atom. The number of rotatable bonds is 6. The van der Waals surface area contributed by atoms with Crippen LogP contribution in [0.1, 0.15) is 25.8 Å². The molecule has 1 unspecified atom stereocenters. The van der Waals surface area contributed by atoms with Crippen LogP contribution in [0.15, 0.2) is 24.3 Å². The number of nitriles is 1. The lowest BCUT2D eigenvalue weighted by molar-refractivity contribution is 0.242. The van der Waals surface area contributed by atoms with Crippen molar-refractivity contribution in [3.8, 4) is 11.8 Å². The molecule has 0 aliphatic heterocycles. The van der Waals surface area contributed by atoms with Gasteiger partial charge < -0.3 is 4.74 Å². The van der Waals surface area contributed by atoms with E-state index in [9.17, 15) is 0 Å². The highest BCUT2D eigenvalue weighted by atomic mass is 16.5. The molecular formula is C14H20N2O. The zero-order chi connectivity index (χ0) is 12.7. The van der Waals surface area contributed by atoms with Crippen LogP contribution in [0.3, 0.4) is 0 Å². The first-order chi connectivity index (χ1) is 8.13. The van der Waals surface area contributed by atoms with Crippen molar-refractivity contribution in [2.45, 2.75) is 32.2 Å². The first-order valence-corrected chi connectivity index (χ1v) is 5.95. The van der Waals surface area contributed by atoms with Crippen molar-refractivity contribution in [2.24, 2.45) is 0 Å². The second kappa shape index (κ2) is 6.27. The first-order valence-electron chi connectivity index (χ1n) is 5.95. The fraction of sp³-hybridized carbons (Fsp3) is 0.500. The smallest absolute Gasteiger partial charge is 0.137 e. The van der Waals surface area contributed by atoms with Crippen molar-refractivity contribution >= 4 is 0 Å². The van der Waals surface area contributed by atoms with E-state index in [1.54, 1.807) is 7.05 Å². The van der Waals surface area contributed by atoms with Crippen LogP contribution in [0.4, 0.5) is 0 Å². The van der Waals surface area contributed by atoms with Crippen LogP contribution in [-0.4, -0.2) is 19.2 Å². The Balaban J connectivity index is 2.56. The summed E-state index contributed by atoms with van der Waals surface area (Å²) in [5.41, 5.74) is 0.679. The molecule has 1 N–H and O–H groups in total. The third-order valence-electron chi connectivity index (χ3n) is 2.79. The molecular weight excluding hydrogens is 212 g/mol. The highest BCUT2D eigenvalue weighted by molar-refractivity contribution is 5.27. The molecule has 0 aliphatic carbocycles. The molecule has 1 atom stereocenters. The molecule has 0 fully saturated rings. The summed E-state index contributed by atoms with van der Waals surface area (Å²) >= 11 is 0. The van der Waals surface area contributed by atoms with Gasteiger partial charge in [0.1, 0.15) is 17.9 Å². The van der Waals surface area contributed by atoms with Crippen molar-refractivity contribution in [3.63, 3.8) is 0 Å². The third kappa shape index (κ3) is 4.08. The summed E-state index contributed by atoms with van der Waals surface area (Å²) in [6.45, 7) is 4.32. The van der Waals surface area contributed by atoms with Gasteiger partial charge in [0.05, 0.1) is 6.07 Å². The fourth-order valence-corrected chi connectivity index (χ4v) is 1.43. The van der Waals surface area contributed by atoms with Crippen LogP contribution in [0.25, 0.3) is 0 Å². The molecule has 1 rings (SSSR count). The zero-order valence-electron chi connectivity index (χ0n) is 10.8. The van der Waals surface area contributed by atoms with Gasteiger partial charge in [-0.1, -0.05) is 25.5 Å². The van der Waals surface area contributed by atoms with Gasteiger partial charge in [-0.3, -0.25) is 5.32 Å². The van der Waals surface area contributed by atoms with Crippen LogP contribution in [0.2, 0.25) is 0 Å². The van der Waals surface area contributed by atoms with Crippen molar-refractivity contribution in [2.75, 3.05) is 13.7 Å². The zero-order valence-corrected chi connectivity index (χ0v) is 10.8. The number of likely N-dealkylation sites (N-methyl/N-ethyl adjacent to an activating group) is 1. The minimum Gasteiger partial charge on any atom is -0.491 e. The molecule has 0 heterocycles. The maximum atomic E-state index is 8.98. The monoisotopic (exact) mass is 232 g/mol. The van der Waals surface area contributed by atoms with Gasteiger partial charge in [-0.25, -0.2) is 0 Å². The van der Waals surface area contributed by atoms with Crippen molar-refractivity contribution in [3.05, 3.63) is 29.8 Å². The topological polar surface area (TPSA) is 45.0 Å². The summed E-state index contributed by atoms with van der Waals surface area (Å²) < 4.78 is 5.60. The minimum atomic E-state index is -0.637. The van der Waals surface area contributed by atoms with Gasteiger partial charge in [0.15, 0.2) is 0 Å². The van der Waals surface area contributed by atoms with E-state index >= 15 is 0 Å². The van der Waals surface area contributed by atoms with Crippen molar-refractivity contribution in [1.82, 2.24) is 5.32 Å². The molecule has 1 aromatic rings. The number of hydrogen-bond acceptors (Lipinski definition) is 3. The normalized spacial score (nSPS) is 13.8. The molecule has 17 heavy (non-hydrogen) atoms. The lowest BCUT2D eigenvalue weighted by Crippen LogP contribution is -2.43. The van der Waals surface area contributed by atoms with Crippen LogP contribution < -0.4 is 10.1 Å². The van der Waals surface area contributed by atoms with Crippen molar-refractivity contribution in [1.29, 1.82) is 5.26 Å². The molecule has 0 amide bonds. The van der Waals surface area contributed by atoms with Crippen molar-refractivity contribution < 1.29 is 4.74 Å². The van der Waals surface area contributed by atoms with Gasteiger partial charge in [-0.15, -0.1) is 0 Å². The number of hydrogen-bond donors (Lipinski definition) is 1. The maximum Gasteiger partial charge on any atom is 0.137 e. The van der Waals surface area contributed by atoms with Gasteiger partial charge in [-0.2, -0.15) is 5.26 Å². The molecule has 0 saturated heterocycles. The van der Waals surface area contributed by atoms with Crippen LogP contribution in [0, 0.1) is 11.3 Å². The Hall–Kier alpha value is -1.53. The highest BCUT2D eigenvalue weighted by Gasteiger charge is 2.21. The van der Waals surface area contributed by atoms with Gasteiger partial charge in [0.25, 0.3) is 0 Å². The predicted octanol–water partition coefficient (Wildman–Crippen LogP) is 2.52. The van der Waals surface area contributed by atoms with E-state index < -0.39 is 5.54 Å². The van der Waals surface area contributed by atoms with Gasteiger partial charge >= 0.3 is 0 Å². The summed E-state index contributed by atoms with van der Waals surface area (Å²) in [5.74, 6) is 0.807. The molecule has 0 aliphatic rings. The second-order valence-corrected chi connectivity index (χ2v) is 4.38. The molecule has 3 heteroatoms. The first kappa shape index (κ1) is 13.5. The molecule has 0 bridgehead atoms. The Morgan fingerprint density at radius 3 is 2.47 bits per heavy atom. The molecule has 0 saturated carbocycles. The molecule has 0 aromatic heterocycles. The van der Waals surface area contributed by atoms with Crippen LogP contribution in [-0.2, 0) is 6.42 Å². The van der Waals surface area contributed by atoms with E-state index in [4.69, 9.17) is 10.00 Å². The van der Waals surface area contributed by atoms with Crippen LogP contribution >= 0.6 is 0 Å². The Labute approximate surface area is 103 Å². The number of aryl methyl sites for hydroxylation is 1. The van der Waals surface area contributed by atoms with E-state index in [1.165, 1.54) is 5.56 Å². The molecule has 92 valence electrons. The lowest BCUT2D eigenvalue weighted by atomic mass is 10.1. The number of benzene rings is 1. The number of nitrogens with zero attached hydrogens (tertiary/aromatic N) is 1. The third-order valence-corrected chi connectivity index (χ3v) is 2.79. The maximum absolute atomic E-state index is 8.98. The van der Waals surface area contributed by atoms with Gasteiger partial charge in [0.2, 0.25) is 0 Å². The van der Waals surface area contributed by atoms with Gasteiger partial charge in [-0.05, 0) is 38.1 Å².